The van der Waals surface area contributed by atoms with Crippen molar-refractivity contribution in [1.29, 1.82) is 5.26 Å². The predicted octanol–water partition coefficient (Wildman–Crippen LogP) is 2.80. The van der Waals surface area contributed by atoms with Crippen molar-refractivity contribution >= 4 is 5.71 Å². The van der Waals surface area contributed by atoms with Gasteiger partial charge < -0.3 is 14.3 Å². The predicted molar refractivity (Wildman–Crippen MR) is 71.0 cm³/mol. The summed E-state index contributed by atoms with van der Waals surface area (Å²) in [6.07, 6.45) is 0. The van der Waals surface area contributed by atoms with Crippen LogP contribution in [0.2, 0.25) is 0 Å². The van der Waals surface area contributed by atoms with Crippen LogP contribution in [-0.2, 0) is 14.3 Å². The van der Waals surface area contributed by atoms with Crippen LogP contribution in [0.5, 0.6) is 0 Å². The quantitative estimate of drug-likeness (QED) is 0.341. The van der Waals surface area contributed by atoms with E-state index >= 15 is 0 Å². The van der Waals surface area contributed by atoms with Crippen LogP contribution in [0.1, 0.15) is 19.4 Å². The normalized spacial score (nSPS) is 11.6. The van der Waals surface area contributed by atoms with Crippen molar-refractivity contribution in [2.24, 2.45) is 5.16 Å². The third-order valence-electron chi connectivity index (χ3n) is 2.24. The highest BCUT2D eigenvalue weighted by Crippen LogP contribution is 2.15. The zero-order chi connectivity index (χ0) is 14.3. The van der Waals surface area contributed by atoms with Crippen molar-refractivity contribution in [2.75, 3.05) is 7.11 Å². The van der Waals surface area contributed by atoms with E-state index in [0.717, 1.165) is 0 Å². The van der Waals surface area contributed by atoms with E-state index in [1.807, 2.05) is 24.3 Å². The lowest BCUT2D eigenvalue weighted by atomic mass is 10.1. The van der Waals surface area contributed by atoms with Crippen molar-refractivity contribution in [2.45, 2.75) is 19.6 Å². The molecule has 19 heavy (non-hydrogen) atoms. The van der Waals surface area contributed by atoms with E-state index in [4.69, 9.17) is 19.6 Å². The average Bonchev–Trinajstić information content (AvgIpc) is 2.40. The highest BCUT2D eigenvalue weighted by atomic mass is 16.8. The molecule has 0 aromatic heterocycles. The number of nitrogens with zero attached hydrogens (tertiary/aromatic N) is 2. The summed E-state index contributed by atoms with van der Waals surface area (Å²) >= 11 is 0. The molecule has 1 rings (SSSR count). The molecule has 0 saturated carbocycles. The van der Waals surface area contributed by atoms with Gasteiger partial charge in [0.05, 0.1) is 0 Å². The average molecular weight is 260 g/mol. The van der Waals surface area contributed by atoms with Crippen molar-refractivity contribution in [3.05, 3.63) is 48.4 Å². The van der Waals surface area contributed by atoms with E-state index in [9.17, 15) is 0 Å². The second-order valence-corrected chi connectivity index (χ2v) is 4.09. The van der Waals surface area contributed by atoms with Gasteiger partial charge in [-0.05, 0) is 6.58 Å². The van der Waals surface area contributed by atoms with Gasteiger partial charge in [-0.1, -0.05) is 35.5 Å². The highest BCUT2D eigenvalue weighted by Gasteiger charge is 2.19. The maximum atomic E-state index is 9.02. The Morgan fingerprint density at radius 1 is 1.32 bits per heavy atom. The Kier molecular flexibility index (Phi) is 5.10. The van der Waals surface area contributed by atoms with Gasteiger partial charge in [0.1, 0.15) is 6.07 Å². The molecule has 0 saturated heterocycles. The number of methoxy groups -OCH3 is 1. The van der Waals surface area contributed by atoms with Crippen LogP contribution >= 0.6 is 0 Å². The molecule has 0 heterocycles. The monoisotopic (exact) mass is 260 g/mol. The molecule has 5 nitrogen and oxygen atoms in total. The van der Waals surface area contributed by atoms with Gasteiger partial charge in [0, 0.05) is 26.5 Å². The third-order valence-corrected chi connectivity index (χ3v) is 2.24. The van der Waals surface area contributed by atoms with E-state index in [1.54, 1.807) is 26.0 Å². The summed E-state index contributed by atoms with van der Waals surface area (Å²) in [5, 5.41) is 12.7. The number of oxime groups is 1. The van der Waals surface area contributed by atoms with Crippen molar-refractivity contribution in [3.63, 3.8) is 0 Å². The molecule has 0 spiro atoms. The molecule has 1 aromatic rings. The summed E-state index contributed by atoms with van der Waals surface area (Å²) in [5.74, 6) is -0.915. The van der Waals surface area contributed by atoms with E-state index in [1.165, 1.54) is 7.11 Å². The largest absolute Gasteiger partial charge is 0.432 e. The van der Waals surface area contributed by atoms with E-state index in [-0.39, 0.29) is 11.7 Å². The highest BCUT2D eigenvalue weighted by molar-refractivity contribution is 6.11. The SMILES string of the molecule is C=C(O/N=C(/C#N)c1ccccc1)OC(C)(C)OC. The first-order valence-corrected chi connectivity index (χ1v) is 5.62. The minimum absolute atomic E-state index is 0.0458. The number of hydrogen-bond acceptors (Lipinski definition) is 5. The van der Waals surface area contributed by atoms with Gasteiger partial charge in [0.2, 0.25) is 5.79 Å². The van der Waals surface area contributed by atoms with Crippen LogP contribution in [-0.4, -0.2) is 18.6 Å². The fourth-order valence-corrected chi connectivity index (χ4v) is 1.16. The van der Waals surface area contributed by atoms with Gasteiger partial charge in [-0.25, -0.2) is 0 Å². The second kappa shape index (κ2) is 6.57. The summed E-state index contributed by atoms with van der Waals surface area (Å²) in [7, 11) is 1.50. The summed E-state index contributed by atoms with van der Waals surface area (Å²) < 4.78 is 10.3. The molecular weight excluding hydrogens is 244 g/mol. The standard InChI is InChI=1S/C14H16N2O3/c1-11(18-14(2,3)17-4)19-16-13(10-15)12-8-6-5-7-9-12/h5-9H,1H2,2-4H3/b16-13-. The van der Waals surface area contributed by atoms with Gasteiger partial charge >= 0.3 is 5.95 Å². The Labute approximate surface area is 112 Å². The Bertz CT molecular complexity index is 501. The van der Waals surface area contributed by atoms with Crippen LogP contribution in [0.4, 0.5) is 0 Å². The second-order valence-electron chi connectivity index (χ2n) is 4.09. The fraction of sp³-hybridized carbons (Fsp3) is 0.286. The molecule has 0 fully saturated rings. The molecular formula is C14H16N2O3. The topological polar surface area (TPSA) is 63.8 Å². The van der Waals surface area contributed by atoms with Gasteiger partial charge in [-0.2, -0.15) is 5.26 Å². The fourth-order valence-electron chi connectivity index (χ4n) is 1.16. The van der Waals surface area contributed by atoms with Gasteiger partial charge in [-0.15, -0.1) is 0 Å². The molecule has 0 atom stereocenters. The Balaban J connectivity index is 2.70. The van der Waals surface area contributed by atoms with E-state index < -0.39 is 5.79 Å². The lowest BCUT2D eigenvalue weighted by Gasteiger charge is -2.23. The summed E-state index contributed by atoms with van der Waals surface area (Å²) in [6.45, 7) is 6.95. The minimum atomic E-state index is -0.869. The number of benzene rings is 1. The van der Waals surface area contributed by atoms with Crippen LogP contribution in [0.3, 0.4) is 0 Å². The Hall–Kier alpha value is -2.32. The first-order valence-electron chi connectivity index (χ1n) is 5.62. The van der Waals surface area contributed by atoms with E-state index in [0.29, 0.717) is 5.56 Å². The molecule has 0 aliphatic carbocycles. The molecule has 1 aromatic carbocycles. The smallest absolute Gasteiger partial charge is 0.304 e. The maximum absolute atomic E-state index is 9.02. The van der Waals surface area contributed by atoms with Gasteiger partial charge in [0.25, 0.3) is 0 Å². The van der Waals surface area contributed by atoms with Gasteiger partial charge in [0.15, 0.2) is 5.71 Å². The molecule has 0 aliphatic rings. The van der Waals surface area contributed by atoms with Crippen LogP contribution in [0.25, 0.3) is 0 Å². The van der Waals surface area contributed by atoms with Gasteiger partial charge in [-0.3, -0.25) is 0 Å². The van der Waals surface area contributed by atoms with Crippen molar-refractivity contribution in [3.8, 4) is 6.07 Å². The number of nitriles is 1. The number of hydrogen-bond donors (Lipinski definition) is 0. The lowest BCUT2D eigenvalue weighted by Crippen LogP contribution is -2.26. The van der Waals surface area contributed by atoms with Crippen molar-refractivity contribution < 1.29 is 14.3 Å². The number of ether oxygens (including phenoxy) is 2. The number of rotatable bonds is 6. The first-order chi connectivity index (χ1) is 8.98. The summed E-state index contributed by atoms with van der Waals surface area (Å²) in [6, 6.07) is 10.9. The minimum Gasteiger partial charge on any atom is -0.432 e. The van der Waals surface area contributed by atoms with E-state index in [2.05, 4.69) is 11.7 Å². The van der Waals surface area contributed by atoms with Crippen molar-refractivity contribution in [1.82, 2.24) is 0 Å². The summed E-state index contributed by atoms with van der Waals surface area (Å²) in [4.78, 5) is 4.96. The zero-order valence-corrected chi connectivity index (χ0v) is 11.2. The molecule has 0 aliphatic heterocycles. The lowest BCUT2D eigenvalue weighted by molar-refractivity contribution is -0.200. The maximum Gasteiger partial charge on any atom is 0.304 e. The van der Waals surface area contributed by atoms with Crippen LogP contribution < -0.4 is 0 Å². The molecule has 0 amide bonds. The zero-order valence-electron chi connectivity index (χ0n) is 11.2. The Morgan fingerprint density at radius 3 is 2.47 bits per heavy atom. The summed E-state index contributed by atoms with van der Waals surface area (Å²) in [5.41, 5.74) is 0.796. The molecule has 0 radical (unpaired) electrons. The third kappa shape index (κ3) is 4.82. The molecule has 0 N–H and O–H groups in total. The molecule has 100 valence electrons. The van der Waals surface area contributed by atoms with Crippen LogP contribution in [0, 0.1) is 11.3 Å². The molecule has 0 bridgehead atoms. The Morgan fingerprint density at radius 2 is 1.95 bits per heavy atom. The molecule has 0 unspecified atom stereocenters. The van der Waals surface area contributed by atoms with Crippen LogP contribution in [0.15, 0.2) is 48.0 Å². The molecule has 5 heteroatoms. The first kappa shape index (κ1) is 14.7.